The first-order valence-corrected chi connectivity index (χ1v) is 7.38. The van der Waals surface area contributed by atoms with Crippen molar-refractivity contribution in [2.24, 2.45) is 5.92 Å². The van der Waals surface area contributed by atoms with Crippen LogP contribution in [-0.4, -0.2) is 5.78 Å². The number of hydrogen-bond acceptors (Lipinski definition) is 1. The molecule has 1 aliphatic carbocycles. The van der Waals surface area contributed by atoms with E-state index in [4.69, 9.17) is 0 Å². The summed E-state index contributed by atoms with van der Waals surface area (Å²) < 4.78 is 0. The average Bonchev–Trinajstić information content (AvgIpc) is 2.27. The molecule has 1 aliphatic rings. The molecule has 0 aliphatic heterocycles. The summed E-state index contributed by atoms with van der Waals surface area (Å²) in [6, 6.07) is 0. The highest BCUT2D eigenvalue weighted by Crippen LogP contribution is 2.20. The molecule has 0 heterocycles. The molecule has 1 saturated carbocycles. The maximum absolute atomic E-state index is 12.1. The number of carbonyl (C=O) groups is 1. The molecule has 0 N–H and O–H groups in total. The highest BCUT2D eigenvalue weighted by Gasteiger charge is 2.15. The molecule has 0 aromatic heterocycles. The molecular weight excluding hydrogens is 208 g/mol. The van der Waals surface area contributed by atoms with E-state index in [1.807, 2.05) is 0 Å². The number of Topliss-reactive ketones (excluding diaryl/α,β-unsaturated/α-hetero) is 1. The molecule has 1 fully saturated rings. The van der Waals surface area contributed by atoms with Crippen molar-refractivity contribution in [2.45, 2.75) is 78.1 Å². The summed E-state index contributed by atoms with van der Waals surface area (Å²) >= 11 is 0. The molecule has 0 spiro atoms. The number of carbonyl (C=O) groups excluding carboxylic acids is 1. The van der Waals surface area contributed by atoms with Gasteiger partial charge in [-0.2, -0.15) is 0 Å². The molecule has 1 heteroatoms. The van der Waals surface area contributed by atoms with Gasteiger partial charge in [-0.1, -0.05) is 56.6 Å². The maximum atomic E-state index is 12.1. The van der Waals surface area contributed by atoms with Gasteiger partial charge in [-0.15, -0.1) is 0 Å². The number of rotatable bonds is 1. The molecule has 0 saturated heterocycles. The van der Waals surface area contributed by atoms with Crippen molar-refractivity contribution in [3.8, 4) is 0 Å². The molecule has 0 bridgehead atoms. The minimum absolute atomic E-state index is 0.208. The fourth-order valence-corrected chi connectivity index (χ4v) is 2.65. The summed E-state index contributed by atoms with van der Waals surface area (Å²) in [4.78, 5) is 12.1. The van der Waals surface area contributed by atoms with Gasteiger partial charge in [-0.25, -0.2) is 0 Å². The number of allylic oxidation sites excluding steroid dienone is 2. The van der Waals surface area contributed by atoms with Gasteiger partial charge < -0.3 is 0 Å². The van der Waals surface area contributed by atoms with Crippen molar-refractivity contribution >= 4 is 5.78 Å². The Balaban J connectivity index is 2.51. The first-order chi connectivity index (χ1) is 8.20. The zero-order valence-corrected chi connectivity index (χ0v) is 11.6. The topological polar surface area (TPSA) is 17.1 Å². The van der Waals surface area contributed by atoms with Gasteiger partial charge in [0.05, 0.1) is 0 Å². The Kier molecular flexibility index (Phi) is 7.23. The predicted octanol–water partition coefficient (Wildman–Crippen LogP) is 5.05. The summed E-state index contributed by atoms with van der Waals surface area (Å²) in [5.41, 5.74) is 1.29. The lowest BCUT2D eigenvalue weighted by Crippen LogP contribution is -2.13. The second-order valence-corrected chi connectivity index (χ2v) is 5.68. The maximum Gasteiger partial charge on any atom is 0.139 e. The van der Waals surface area contributed by atoms with E-state index in [1.54, 1.807) is 0 Å². The van der Waals surface area contributed by atoms with E-state index >= 15 is 0 Å². The van der Waals surface area contributed by atoms with Crippen molar-refractivity contribution in [3.63, 3.8) is 0 Å². The minimum atomic E-state index is 0.208. The van der Waals surface area contributed by atoms with Crippen molar-refractivity contribution in [3.05, 3.63) is 11.6 Å². The fourth-order valence-electron chi connectivity index (χ4n) is 2.65. The summed E-state index contributed by atoms with van der Waals surface area (Å²) in [7, 11) is 0. The third-order valence-corrected chi connectivity index (χ3v) is 3.64. The van der Waals surface area contributed by atoms with Gasteiger partial charge >= 0.3 is 0 Å². The lowest BCUT2D eigenvalue weighted by Gasteiger charge is -2.14. The van der Waals surface area contributed by atoms with E-state index in [9.17, 15) is 4.79 Å². The van der Waals surface area contributed by atoms with Crippen LogP contribution in [-0.2, 0) is 4.79 Å². The van der Waals surface area contributed by atoms with Crippen LogP contribution in [0.2, 0.25) is 0 Å². The van der Waals surface area contributed by atoms with Crippen molar-refractivity contribution in [2.75, 3.05) is 0 Å². The van der Waals surface area contributed by atoms with Crippen molar-refractivity contribution < 1.29 is 4.79 Å². The SMILES string of the molecule is CC(C)=CC1CCCCCCCCCCC1=O. The molecule has 98 valence electrons. The van der Waals surface area contributed by atoms with Crippen LogP contribution in [0.15, 0.2) is 11.6 Å². The summed E-state index contributed by atoms with van der Waals surface area (Å²) in [6.07, 6.45) is 14.4. The molecule has 1 nitrogen and oxygen atoms in total. The van der Waals surface area contributed by atoms with Gasteiger partial charge in [-0.3, -0.25) is 4.79 Å². The van der Waals surface area contributed by atoms with E-state index < -0.39 is 0 Å². The Morgan fingerprint density at radius 2 is 1.47 bits per heavy atom. The monoisotopic (exact) mass is 236 g/mol. The Bertz CT molecular complexity index is 248. The molecule has 1 rings (SSSR count). The highest BCUT2D eigenvalue weighted by molar-refractivity contribution is 5.82. The number of ketones is 1. The van der Waals surface area contributed by atoms with E-state index in [0.29, 0.717) is 5.78 Å². The Morgan fingerprint density at radius 3 is 2.06 bits per heavy atom. The third kappa shape index (κ3) is 6.65. The molecule has 17 heavy (non-hydrogen) atoms. The van der Waals surface area contributed by atoms with Crippen molar-refractivity contribution in [1.29, 1.82) is 0 Å². The van der Waals surface area contributed by atoms with Gasteiger partial charge in [-0.05, 0) is 26.7 Å². The first-order valence-electron chi connectivity index (χ1n) is 7.38. The highest BCUT2D eigenvalue weighted by atomic mass is 16.1. The summed E-state index contributed by atoms with van der Waals surface area (Å²) in [6.45, 7) is 4.20. The Morgan fingerprint density at radius 1 is 0.941 bits per heavy atom. The van der Waals surface area contributed by atoms with Crippen LogP contribution in [0.1, 0.15) is 78.1 Å². The third-order valence-electron chi connectivity index (χ3n) is 3.64. The van der Waals surface area contributed by atoms with Gasteiger partial charge in [0.2, 0.25) is 0 Å². The van der Waals surface area contributed by atoms with Crippen LogP contribution in [0, 0.1) is 5.92 Å². The molecule has 0 aromatic carbocycles. The number of hydrogen-bond donors (Lipinski definition) is 0. The lowest BCUT2D eigenvalue weighted by molar-refractivity contribution is -0.121. The zero-order valence-electron chi connectivity index (χ0n) is 11.6. The quantitative estimate of drug-likeness (QED) is 0.582. The van der Waals surface area contributed by atoms with Crippen molar-refractivity contribution in [1.82, 2.24) is 0 Å². The normalized spacial score (nSPS) is 24.6. The van der Waals surface area contributed by atoms with Crippen LogP contribution in [0.4, 0.5) is 0 Å². The van der Waals surface area contributed by atoms with Gasteiger partial charge in [0.15, 0.2) is 0 Å². The average molecular weight is 236 g/mol. The second-order valence-electron chi connectivity index (χ2n) is 5.68. The lowest BCUT2D eigenvalue weighted by atomic mass is 9.90. The first kappa shape index (κ1) is 14.5. The molecule has 0 amide bonds. The second kappa shape index (κ2) is 8.49. The summed E-state index contributed by atoms with van der Waals surface area (Å²) in [5.74, 6) is 0.686. The fraction of sp³-hybridized carbons (Fsp3) is 0.812. The summed E-state index contributed by atoms with van der Waals surface area (Å²) in [5, 5.41) is 0. The van der Waals surface area contributed by atoms with Crippen LogP contribution in [0.5, 0.6) is 0 Å². The van der Waals surface area contributed by atoms with Crippen LogP contribution >= 0.6 is 0 Å². The van der Waals surface area contributed by atoms with E-state index in [2.05, 4.69) is 19.9 Å². The molecular formula is C16H28O. The molecule has 0 radical (unpaired) electrons. The van der Waals surface area contributed by atoms with Crippen LogP contribution in [0.25, 0.3) is 0 Å². The molecule has 1 atom stereocenters. The van der Waals surface area contributed by atoms with Gasteiger partial charge in [0.1, 0.15) is 5.78 Å². The van der Waals surface area contributed by atoms with Crippen LogP contribution < -0.4 is 0 Å². The van der Waals surface area contributed by atoms with E-state index in [1.165, 1.54) is 50.5 Å². The predicted molar refractivity (Wildman–Crippen MR) is 74.1 cm³/mol. The van der Waals surface area contributed by atoms with Crippen LogP contribution in [0.3, 0.4) is 0 Å². The van der Waals surface area contributed by atoms with E-state index in [-0.39, 0.29) is 5.92 Å². The molecule has 1 unspecified atom stereocenters. The Labute approximate surface area is 107 Å². The largest absolute Gasteiger partial charge is 0.299 e. The van der Waals surface area contributed by atoms with Gasteiger partial charge in [0.25, 0.3) is 0 Å². The molecule has 0 aromatic rings. The van der Waals surface area contributed by atoms with Gasteiger partial charge in [0, 0.05) is 12.3 Å². The zero-order chi connectivity index (χ0) is 12.5. The standard InChI is InChI=1S/C16H28O/c1-14(2)13-15-11-9-7-5-3-4-6-8-10-12-16(15)17/h13,15H,3-12H2,1-2H3. The van der Waals surface area contributed by atoms with E-state index in [0.717, 1.165) is 19.3 Å². The Hall–Kier alpha value is -0.590. The smallest absolute Gasteiger partial charge is 0.139 e. The minimum Gasteiger partial charge on any atom is -0.299 e.